The van der Waals surface area contributed by atoms with Crippen LogP contribution in [0.5, 0.6) is 0 Å². The van der Waals surface area contributed by atoms with E-state index in [0.717, 1.165) is 0 Å². The molecule has 0 spiro atoms. The molecule has 2 aromatic rings. The van der Waals surface area contributed by atoms with Crippen LogP contribution in [0.3, 0.4) is 0 Å². The third-order valence-corrected chi connectivity index (χ3v) is 3.24. The highest BCUT2D eigenvalue weighted by atomic mass is 79.9. The molecule has 0 aliphatic carbocycles. The van der Waals surface area contributed by atoms with Crippen LogP contribution in [0.25, 0.3) is 10.8 Å². The molecule has 2 aromatic heterocycles. The summed E-state index contributed by atoms with van der Waals surface area (Å²) in [5.74, 6) is -0.478. The maximum absolute atomic E-state index is 10.7. The molecule has 0 bridgehead atoms. The fraction of sp³-hybridized carbons (Fsp3) is 0. The van der Waals surface area contributed by atoms with E-state index in [-0.39, 0.29) is 5.69 Å². The molecule has 2 heterocycles. The van der Waals surface area contributed by atoms with Gasteiger partial charge in [0.2, 0.25) is 0 Å². The Morgan fingerprint density at radius 1 is 1.64 bits per heavy atom. The smallest absolute Gasteiger partial charge is 0.356 e. The molecule has 2 rings (SSSR count). The number of carboxylic acids is 1. The van der Waals surface area contributed by atoms with Crippen LogP contribution in [-0.2, 0) is 0 Å². The number of halogens is 1. The zero-order valence-electron chi connectivity index (χ0n) is 6.73. The Balaban J connectivity index is 2.48. The van der Waals surface area contributed by atoms with Crippen LogP contribution in [0.2, 0.25) is 0 Å². The van der Waals surface area contributed by atoms with Crippen molar-refractivity contribution in [3.63, 3.8) is 0 Å². The molecule has 0 atom stereocenters. The highest BCUT2D eigenvalue weighted by Gasteiger charge is 2.17. The Labute approximate surface area is 91.3 Å². The second kappa shape index (κ2) is 3.55. The maximum Gasteiger partial charge on any atom is 0.356 e. The SMILES string of the molecule is O=C(O)c1nc(-c2ccco2)sc1Br. The number of carboxylic acid groups (broad SMARTS) is 1. The predicted octanol–water partition coefficient (Wildman–Crippen LogP) is 2.86. The highest BCUT2D eigenvalue weighted by molar-refractivity contribution is 9.11. The molecule has 0 amide bonds. The van der Waals surface area contributed by atoms with E-state index in [1.807, 2.05) is 0 Å². The Morgan fingerprint density at radius 3 is 2.93 bits per heavy atom. The first-order valence-electron chi connectivity index (χ1n) is 3.62. The molecule has 0 radical (unpaired) electrons. The fourth-order valence-corrected chi connectivity index (χ4v) is 2.41. The summed E-state index contributed by atoms with van der Waals surface area (Å²) >= 11 is 4.37. The van der Waals surface area contributed by atoms with Gasteiger partial charge in [0.15, 0.2) is 16.5 Å². The summed E-state index contributed by atoms with van der Waals surface area (Å²) in [4.78, 5) is 14.6. The third kappa shape index (κ3) is 1.58. The zero-order valence-corrected chi connectivity index (χ0v) is 9.13. The van der Waals surface area contributed by atoms with E-state index in [0.29, 0.717) is 14.6 Å². The molecular formula is C8H4BrNO3S. The lowest BCUT2D eigenvalue weighted by atomic mass is 10.4. The molecule has 72 valence electrons. The van der Waals surface area contributed by atoms with Crippen LogP contribution >= 0.6 is 27.3 Å². The number of carbonyl (C=O) groups is 1. The molecule has 0 fully saturated rings. The number of hydrogen-bond donors (Lipinski definition) is 1. The lowest BCUT2D eigenvalue weighted by molar-refractivity contribution is 0.0690. The molecule has 6 heteroatoms. The second-order valence-electron chi connectivity index (χ2n) is 2.42. The molecule has 0 unspecified atom stereocenters. The standard InChI is InChI=1S/C8H4BrNO3S/c9-6-5(8(11)12)10-7(14-6)4-2-1-3-13-4/h1-3H,(H,11,12). The van der Waals surface area contributed by atoms with E-state index >= 15 is 0 Å². The van der Waals surface area contributed by atoms with Crippen LogP contribution in [0.4, 0.5) is 0 Å². The Hall–Kier alpha value is -1.14. The quantitative estimate of drug-likeness (QED) is 0.914. The zero-order chi connectivity index (χ0) is 10.1. The second-order valence-corrected chi connectivity index (χ2v) is 4.74. The predicted molar refractivity (Wildman–Crippen MR) is 54.5 cm³/mol. The molecule has 0 aromatic carbocycles. The molecular weight excluding hydrogens is 270 g/mol. The number of hydrogen-bond acceptors (Lipinski definition) is 4. The summed E-state index contributed by atoms with van der Waals surface area (Å²) in [6, 6.07) is 3.46. The van der Waals surface area contributed by atoms with E-state index < -0.39 is 5.97 Å². The Kier molecular flexibility index (Phi) is 2.39. The van der Waals surface area contributed by atoms with Gasteiger partial charge in [0.25, 0.3) is 0 Å². The monoisotopic (exact) mass is 273 g/mol. The number of rotatable bonds is 2. The first-order chi connectivity index (χ1) is 6.68. The van der Waals surface area contributed by atoms with Crippen molar-refractivity contribution in [2.24, 2.45) is 0 Å². The summed E-state index contributed by atoms with van der Waals surface area (Å²) < 4.78 is 5.60. The summed E-state index contributed by atoms with van der Waals surface area (Å²) in [6.45, 7) is 0. The average Bonchev–Trinajstić information content (AvgIpc) is 2.70. The molecule has 0 aliphatic heterocycles. The maximum atomic E-state index is 10.7. The third-order valence-electron chi connectivity index (χ3n) is 1.52. The van der Waals surface area contributed by atoms with Gasteiger partial charge in [-0.25, -0.2) is 9.78 Å². The number of furan rings is 1. The summed E-state index contributed by atoms with van der Waals surface area (Å²) in [5, 5.41) is 9.31. The van der Waals surface area contributed by atoms with Gasteiger partial charge >= 0.3 is 5.97 Å². The van der Waals surface area contributed by atoms with E-state index in [9.17, 15) is 4.79 Å². The van der Waals surface area contributed by atoms with Gasteiger partial charge in [0, 0.05) is 0 Å². The number of nitrogens with zero attached hydrogens (tertiary/aromatic N) is 1. The van der Waals surface area contributed by atoms with Gasteiger partial charge in [-0.3, -0.25) is 0 Å². The van der Waals surface area contributed by atoms with Crippen LogP contribution in [0.1, 0.15) is 10.5 Å². The van der Waals surface area contributed by atoms with Crippen molar-refractivity contribution in [3.05, 3.63) is 27.9 Å². The lowest BCUT2D eigenvalue weighted by Crippen LogP contribution is -1.96. The van der Waals surface area contributed by atoms with Gasteiger partial charge in [-0.05, 0) is 28.1 Å². The fourth-order valence-electron chi connectivity index (χ4n) is 0.939. The van der Waals surface area contributed by atoms with Crippen LogP contribution in [0, 0.1) is 0 Å². The summed E-state index contributed by atoms with van der Waals surface area (Å²) in [6.07, 6.45) is 1.52. The van der Waals surface area contributed by atoms with Crippen molar-refractivity contribution in [2.75, 3.05) is 0 Å². The van der Waals surface area contributed by atoms with Crippen molar-refractivity contribution in [1.82, 2.24) is 4.98 Å². The van der Waals surface area contributed by atoms with Gasteiger partial charge in [-0.2, -0.15) is 0 Å². The average molecular weight is 274 g/mol. The van der Waals surface area contributed by atoms with Gasteiger partial charge in [0.05, 0.1) is 6.26 Å². The highest BCUT2D eigenvalue weighted by Crippen LogP contribution is 2.32. The van der Waals surface area contributed by atoms with E-state index in [4.69, 9.17) is 9.52 Å². The molecule has 1 N–H and O–H groups in total. The number of aromatic carboxylic acids is 1. The summed E-state index contributed by atoms with van der Waals surface area (Å²) in [7, 11) is 0. The molecule has 0 aliphatic rings. The molecule has 14 heavy (non-hydrogen) atoms. The number of aromatic nitrogens is 1. The van der Waals surface area contributed by atoms with E-state index in [1.54, 1.807) is 12.1 Å². The van der Waals surface area contributed by atoms with Crippen LogP contribution in [0.15, 0.2) is 26.6 Å². The van der Waals surface area contributed by atoms with Gasteiger partial charge in [0.1, 0.15) is 3.79 Å². The molecule has 4 nitrogen and oxygen atoms in total. The Morgan fingerprint density at radius 2 is 2.43 bits per heavy atom. The van der Waals surface area contributed by atoms with Crippen molar-refractivity contribution >= 4 is 33.2 Å². The van der Waals surface area contributed by atoms with Crippen molar-refractivity contribution in [3.8, 4) is 10.8 Å². The largest absolute Gasteiger partial charge is 0.476 e. The first kappa shape index (κ1) is 9.42. The minimum atomic E-state index is -1.05. The summed E-state index contributed by atoms with van der Waals surface area (Å²) in [5.41, 5.74) is 0.0152. The molecule has 0 saturated heterocycles. The van der Waals surface area contributed by atoms with Crippen molar-refractivity contribution in [2.45, 2.75) is 0 Å². The van der Waals surface area contributed by atoms with Crippen LogP contribution in [-0.4, -0.2) is 16.1 Å². The van der Waals surface area contributed by atoms with Crippen molar-refractivity contribution in [1.29, 1.82) is 0 Å². The van der Waals surface area contributed by atoms with Gasteiger partial charge < -0.3 is 9.52 Å². The van der Waals surface area contributed by atoms with Crippen LogP contribution < -0.4 is 0 Å². The van der Waals surface area contributed by atoms with Gasteiger partial charge in [-0.15, -0.1) is 11.3 Å². The molecule has 0 saturated carbocycles. The van der Waals surface area contributed by atoms with Crippen molar-refractivity contribution < 1.29 is 14.3 Å². The normalized spacial score (nSPS) is 10.4. The topological polar surface area (TPSA) is 63.3 Å². The minimum absolute atomic E-state index is 0.0152. The Bertz CT molecular complexity index is 463. The number of thiazole rings is 1. The minimum Gasteiger partial charge on any atom is -0.476 e. The van der Waals surface area contributed by atoms with E-state index in [1.165, 1.54) is 17.6 Å². The van der Waals surface area contributed by atoms with E-state index in [2.05, 4.69) is 20.9 Å². The lowest BCUT2D eigenvalue weighted by Gasteiger charge is -1.85. The van der Waals surface area contributed by atoms with Gasteiger partial charge in [-0.1, -0.05) is 0 Å². The first-order valence-corrected chi connectivity index (χ1v) is 5.23.